The molecule has 0 bridgehead atoms. The standard InChI is InChI=1S/C37H34N2/c1-38(27-12-3-2-4-13-27)28-20-18-26(19-21-28)29-22-23-36(34-24-33(29)34)39(37-31-15-7-8-16-32(31)37)35-17-9-11-25-10-5-6-14-30(25)35/h2-18,20,22-23,31-34,37H,19,21,24H2,1H3. The van der Waals surface area contributed by atoms with Crippen LogP contribution in [0.2, 0.25) is 0 Å². The molecule has 2 saturated carbocycles. The highest BCUT2D eigenvalue weighted by atomic mass is 15.2. The second kappa shape index (κ2) is 9.02. The molecular formula is C37H34N2. The number of allylic oxidation sites excluding steroid dienone is 10. The molecule has 3 aromatic rings. The van der Waals surface area contributed by atoms with E-state index in [-0.39, 0.29) is 0 Å². The Bertz CT molecular complexity index is 1610. The molecule has 5 aliphatic rings. The zero-order valence-electron chi connectivity index (χ0n) is 22.4. The van der Waals surface area contributed by atoms with Crippen LogP contribution in [0.3, 0.4) is 0 Å². The summed E-state index contributed by atoms with van der Waals surface area (Å²) in [4.78, 5) is 5.07. The molecule has 4 atom stereocenters. The van der Waals surface area contributed by atoms with Gasteiger partial charge in [0.25, 0.3) is 0 Å². The Morgan fingerprint density at radius 3 is 2.26 bits per heavy atom. The fraction of sp³-hybridized carbons (Fsp3) is 0.243. The summed E-state index contributed by atoms with van der Waals surface area (Å²) in [5.74, 6) is 2.51. The molecule has 0 spiro atoms. The summed E-state index contributed by atoms with van der Waals surface area (Å²) in [6.07, 6.45) is 22.5. The van der Waals surface area contributed by atoms with Crippen molar-refractivity contribution in [3.05, 3.63) is 144 Å². The molecule has 3 aromatic carbocycles. The van der Waals surface area contributed by atoms with Gasteiger partial charge in [0.2, 0.25) is 0 Å². The minimum absolute atomic E-state index is 0.515. The van der Waals surface area contributed by atoms with Crippen LogP contribution in [0, 0.1) is 23.7 Å². The highest BCUT2D eigenvalue weighted by Gasteiger charge is 2.56. The van der Waals surface area contributed by atoms with Gasteiger partial charge in [0, 0.05) is 59.0 Å². The van der Waals surface area contributed by atoms with Crippen molar-refractivity contribution in [2.45, 2.75) is 25.3 Å². The number of fused-ring (bicyclic) bond motifs is 3. The van der Waals surface area contributed by atoms with Gasteiger partial charge in [-0.25, -0.2) is 0 Å². The third-order valence-corrected chi connectivity index (χ3v) is 9.55. The monoisotopic (exact) mass is 506 g/mol. The molecule has 4 unspecified atom stereocenters. The van der Waals surface area contributed by atoms with E-state index in [1.54, 1.807) is 5.57 Å². The molecule has 39 heavy (non-hydrogen) atoms. The zero-order valence-corrected chi connectivity index (χ0v) is 22.4. The first kappa shape index (κ1) is 22.9. The van der Waals surface area contributed by atoms with Crippen LogP contribution in [-0.2, 0) is 0 Å². The van der Waals surface area contributed by atoms with Gasteiger partial charge in [-0.2, -0.15) is 0 Å². The Labute approximate surface area is 231 Å². The summed E-state index contributed by atoms with van der Waals surface area (Å²) in [5.41, 5.74) is 8.66. The van der Waals surface area contributed by atoms with Crippen molar-refractivity contribution in [2.24, 2.45) is 23.7 Å². The first-order valence-electron chi connectivity index (χ1n) is 14.5. The highest BCUT2D eigenvalue weighted by Crippen LogP contribution is 2.59. The van der Waals surface area contributed by atoms with Crippen LogP contribution in [-0.4, -0.2) is 13.1 Å². The van der Waals surface area contributed by atoms with Crippen molar-refractivity contribution in [3.63, 3.8) is 0 Å². The third-order valence-electron chi connectivity index (χ3n) is 9.55. The van der Waals surface area contributed by atoms with Crippen molar-refractivity contribution in [1.29, 1.82) is 0 Å². The molecule has 0 saturated heterocycles. The number of hydrogen-bond donors (Lipinski definition) is 0. The van der Waals surface area contributed by atoms with Gasteiger partial charge in [-0.15, -0.1) is 0 Å². The second-order valence-corrected chi connectivity index (χ2v) is 11.7. The summed E-state index contributed by atoms with van der Waals surface area (Å²) in [5, 5.41) is 2.68. The maximum absolute atomic E-state index is 2.73. The minimum atomic E-state index is 0.515. The van der Waals surface area contributed by atoms with Crippen LogP contribution in [0.25, 0.3) is 10.8 Å². The molecule has 0 aromatic heterocycles. The Morgan fingerprint density at radius 2 is 1.46 bits per heavy atom. The fourth-order valence-corrected chi connectivity index (χ4v) is 7.30. The Morgan fingerprint density at radius 1 is 0.692 bits per heavy atom. The van der Waals surface area contributed by atoms with Gasteiger partial charge in [-0.05, 0) is 72.1 Å². The van der Waals surface area contributed by atoms with Gasteiger partial charge in [-0.3, -0.25) is 0 Å². The maximum Gasteiger partial charge on any atom is 0.0491 e. The van der Waals surface area contributed by atoms with Gasteiger partial charge < -0.3 is 9.80 Å². The van der Waals surface area contributed by atoms with E-state index in [1.807, 2.05) is 0 Å². The lowest BCUT2D eigenvalue weighted by molar-refractivity contribution is 0.747. The number of para-hydroxylation sites is 1. The zero-order chi connectivity index (χ0) is 25.9. The Kier molecular flexibility index (Phi) is 5.30. The van der Waals surface area contributed by atoms with Crippen molar-refractivity contribution in [2.75, 3.05) is 16.8 Å². The first-order valence-corrected chi connectivity index (χ1v) is 14.5. The van der Waals surface area contributed by atoms with Crippen LogP contribution < -0.4 is 9.80 Å². The molecule has 0 aliphatic heterocycles. The van der Waals surface area contributed by atoms with Crippen LogP contribution >= 0.6 is 0 Å². The fourth-order valence-electron chi connectivity index (χ4n) is 7.30. The normalized spacial score (nSPS) is 28.0. The highest BCUT2D eigenvalue weighted by molar-refractivity contribution is 5.95. The first-order chi connectivity index (χ1) is 19.3. The van der Waals surface area contributed by atoms with E-state index in [9.17, 15) is 0 Å². The lowest BCUT2D eigenvalue weighted by Gasteiger charge is -2.32. The molecule has 5 aliphatic carbocycles. The van der Waals surface area contributed by atoms with Gasteiger partial charge in [0.1, 0.15) is 0 Å². The molecule has 8 rings (SSSR count). The van der Waals surface area contributed by atoms with Crippen molar-refractivity contribution >= 4 is 22.1 Å². The van der Waals surface area contributed by atoms with Crippen LogP contribution in [0.5, 0.6) is 0 Å². The van der Waals surface area contributed by atoms with Crippen LogP contribution in [0.15, 0.2) is 144 Å². The Hall–Kier alpha value is -4.04. The smallest absolute Gasteiger partial charge is 0.0491 e. The lowest BCUT2D eigenvalue weighted by Crippen LogP contribution is -2.29. The van der Waals surface area contributed by atoms with Crippen molar-refractivity contribution in [3.8, 4) is 0 Å². The molecule has 0 heterocycles. The predicted octanol–water partition coefficient (Wildman–Crippen LogP) is 8.59. The Balaban J connectivity index is 1.14. The third kappa shape index (κ3) is 3.85. The summed E-state index contributed by atoms with van der Waals surface area (Å²) < 4.78 is 0. The molecule has 0 N–H and O–H groups in total. The van der Waals surface area contributed by atoms with E-state index in [1.165, 1.54) is 45.5 Å². The molecule has 0 amide bonds. The number of hydrogen-bond acceptors (Lipinski definition) is 2. The minimum Gasteiger partial charge on any atom is -0.348 e. The maximum atomic E-state index is 2.73. The van der Waals surface area contributed by atoms with E-state index in [2.05, 4.69) is 138 Å². The van der Waals surface area contributed by atoms with Gasteiger partial charge >= 0.3 is 0 Å². The van der Waals surface area contributed by atoms with Crippen molar-refractivity contribution < 1.29 is 0 Å². The van der Waals surface area contributed by atoms with Gasteiger partial charge in [-0.1, -0.05) is 91.1 Å². The van der Waals surface area contributed by atoms with E-state index >= 15 is 0 Å². The van der Waals surface area contributed by atoms with Crippen LogP contribution in [0.4, 0.5) is 11.4 Å². The average Bonchev–Trinajstić information content (AvgIpc) is 3.93. The number of nitrogens with zero attached hydrogens (tertiary/aromatic N) is 2. The number of benzene rings is 3. The van der Waals surface area contributed by atoms with Crippen molar-refractivity contribution in [1.82, 2.24) is 0 Å². The molecule has 192 valence electrons. The second-order valence-electron chi connectivity index (χ2n) is 11.7. The molecule has 2 nitrogen and oxygen atoms in total. The molecular weight excluding hydrogens is 472 g/mol. The topological polar surface area (TPSA) is 6.48 Å². The summed E-state index contributed by atoms with van der Waals surface area (Å²) >= 11 is 0. The quantitative estimate of drug-likeness (QED) is 0.330. The van der Waals surface area contributed by atoms with Gasteiger partial charge in [0.05, 0.1) is 0 Å². The lowest BCUT2D eigenvalue weighted by atomic mass is 9.89. The van der Waals surface area contributed by atoms with E-state index in [4.69, 9.17) is 0 Å². The summed E-state index contributed by atoms with van der Waals surface area (Å²) in [6.45, 7) is 0. The molecule has 2 fully saturated rings. The summed E-state index contributed by atoms with van der Waals surface area (Å²) in [6, 6.07) is 26.9. The van der Waals surface area contributed by atoms with Gasteiger partial charge in [0.15, 0.2) is 0 Å². The number of anilines is 2. The predicted molar refractivity (Wildman–Crippen MR) is 163 cm³/mol. The molecule has 0 radical (unpaired) electrons. The van der Waals surface area contributed by atoms with Crippen LogP contribution in [0.1, 0.15) is 19.3 Å². The van der Waals surface area contributed by atoms with E-state index < -0.39 is 0 Å². The number of rotatable bonds is 6. The SMILES string of the molecule is CN(C1=CC=C(C2=CC=C(N(c3cccc4ccccc34)C3C4C=CC=CC43)C3CC23)CC1)c1ccccc1. The molecule has 2 heteroatoms. The van der Waals surface area contributed by atoms with E-state index in [0.717, 1.165) is 12.8 Å². The largest absolute Gasteiger partial charge is 0.348 e. The average molecular weight is 507 g/mol. The van der Waals surface area contributed by atoms with E-state index in [0.29, 0.717) is 29.7 Å². The summed E-state index contributed by atoms with van der Waals surface area (Å²) in [7, 11) is 2.19.